The van der Waals surface area contributed by atoms with Crippen LogP contribution in [0.4, 0.5) is 11.4 Å². The zero-order valence-corrected chi connectivity index (χ0v) is 18.6. The Labute approximate surface area is 183 Å². The lowest BCUT2D eigenvalue weighted by molar-refractivity contribution is 0.104. The van der Waals surface area contributed by atoms with Gasteiger partial charge in [-0.2, -0.15) is 0 Å². The molecule has 0 saturated carbocycles. The van der Waals surface area contributed by atoms with E-state index < -0.39 is 0 Å². The molecule has 1 aromatic heterocycles. The van der Waals surface area contributed by atoms with Gasteiger partial charge in [-0.3, -0.25) is 9.69 Å². The molecule has 0 atom stereocenters. The topological polar surface area (TPSA) is 61.6 Å². The van der Waals surface area contributed by atoms with E-state index >= 15 is 0 Å². The molecule has 5 rings (SSSR count). The van der Waals surface area contributed by atoms with Crippen molar-refractivity contribution in [3.63, 3.8) is 0 Å². The van der Waals surface area contributed by atoms with E-state index in [1.165, 1.54) is 6.42 Å². The Morgan fingerprint density at radius 1 is 1.13 bits per heavy atom. The fourth-order valence-electron chi connectivity index (χ4n) is 4.77. The van der Waals surface area contributed by atoms with Crippen molar-refractivity contribution in [1.29, 1.82) is 0 Å². The Hall–Kier alpha value is -2.86. The van der Waals surface area contributed by atoms with Crippen LogP contribution in [0.2, 0.25) is 0 Å². The van der Waals surface area contributed by atoms with Crippen molar-refractivity contribution >= 4 is 28.1 Å². The van der Waals surface area contributed by atoms with Crippen molar-refractivity contribution in [3.8, 4) is 11.3 Å². The summed E-state index contributed by atoms with van der Waals surface area (Å²) in [5, 5.41) is 8.88. The maximum Gasteiger partial charge on any atom is 0.196 e. The molecule has 6 nitrogen and oxygen atoms in total. The van der Waals surface area contributed by atoms with E-state index in [-0.39, 0.29) is 5.78 Å². The minimum absolute atomic E-state index is 0.0434. The fraction of sp³-hybridized carbons (Fsp3) is 0.440. The van der Waals surface area contributed by atoms with E-state index in [2.05, 4.69) is 47.1 Å². The third-order valence-corrected chi connectivity index (χ3v) is 6.33. The molecule has 162 valence electrons. The maximum absolute atomic E-state index is 13.5. The number of nitrogens with zero attached hydrogens (tertiary/aromatic N) is 3. The van der Waals surface area contributed by atoms with Gasteiger partial charge in [0.1, 0.15) is 5.52 Å². The van der Waals surface area contributed by atoms with Crippen LogP contribution in [-0.4, -0.2) is 55.1 Å². The second kappa shape index (κ2) is 8.00. The summed E-state index contributed by atoms with van der Waals surface area (Å²) in [4.78, 5) is 18.4. The molecule has 1 saturated heterocycles. The monoisotopic (exact) mass is 418 g/mol. The lowest BCUT2D eigenvalue weighted by Crippen LogP contribution is -2.46. The highest BCUT2D eigenvalue weighted by atomic mass is 16.5. The number of piperazine rings is 1. The van der Waals surface area contributed by atoms with Crippen molar-refractivity contribution in [2.75, 3.05) is 49.5 Å². The third kappa shape index (κ3) is 3.39. The summed E-state index contributed by atoms with van der Waals surface area (Å²) in [5.41, 5.74) is 4.95. The summed E-state index contributed by atoms with van der Waals surface area (Å²) < 4.78 is 5.88. The quantitative estimate of drug-likeness (QED) is 0.492. The summed E-state index contributed by atoms with van der Waals surface area (Å²) >= 11 is 0. The molecule has 1 aliphatic carbocycles. The predicted molar refractivity (Wildman–Crippen MR) is 125 cm³/mol. The van der Waals surface area contributed by atoms with E-state index in [4.69, 9.17) is 4.52 Å². The van der Waals surface area contributed by atoms with Crippen LogP contribution in [0.1, 0.15) is 43.1 Å². The number of anilines is 2. The number of ketones is 1. The predicted octanol–water partition coefficient (Wildman–Crippen LogP) is 4.64. The van der Waals surface area contributed by atoms with Gasteiger partial charge in [0.15, 0.2) is 11.5 Å². The number of carbonyl (C=O) groups excluding carboxylic acids is 1. The van der Waals surface area contributed by atoms with Gasteiger partial charge in [0, 0.05) is 49.5 Å². The second-order valence-corrected chi connectivity index (χ2v) is 9.03. The maximum atomic E-state index is 13.5. The first-order valence-electron chi connectivity index (χ1n) is 11.4. The first-order chi connectivity index (χ1) is 15.1. The molecular weight excluding hydrogens is 388 g/mol. The molecule has 0 radical (unpaired) electrons. The smallest absolute Gasteiger partial charge is 0.196 e. The van der Waals surface area contributed by atoms with Crippen molar-refractivity contribution < 1.29 is 9.32 Å². The Morgan fingerprint density at radius 3 is 2.58 bits per heavy atom. The van der Waals surface area contributed by atoms with Crippen LogP contribution < -0.4 is 10.2 Å². The molecule has 2 heterocycles. The average Bonchev–Trinajstić information content (AvgIpc) is 3.22. The zero-order chi connectivity index (χ0) is 21.5. The normalized spacial score (nSPS) is 16.3. The number of hydrogen-bond donors (Lipinski definition) is 1. The van der Waals surface area contributed by atoms with Crippen LogP contribution in [0, 0.1) is 5.92 Å². The van der Waals surface area contributed by atoms with Crippen LogP contribution in [0.3, 0.4) is 0 Å². The summed E-state index contributed by atoms with van der Waals surface area (Å²) in [6.45, 7) is 12.5. The summed E-state index contributed by atoms with van der Waals surface area (Å²) in [6, 6.07) is 9.80. The molecule has 0 spiro atoms. The number of hydrogen-bond acceptors (Lipinski definition) is 6. The van der Waals surface area contributed by atoms with Gasteiger partial charge < -0.3 is 14.7 Å². The average molecular weight is 419 g/mol. The van der Waals surface area contributed by atoms with E-state index in [0.29, 0.717) is 22.8 Å². The largest absolute Gasteiger partial charge is 0.384 e. The van der Waals surface area contributed by atoms with Crippen molar-refractivity contribution in [1.82, 2.24) is 10.1 Å². The van der Waals surface area contributed by atoms with Gasteiger partial charge in [-0.25, -0.2) is 0 Å². The van der Waals surface area contributed by atoms with Crippen LogP contribution in [0.15, 0.2) is 34.9 Å². The number of carbonyl (C=O) groups is 1. The molecule has 0 bridgehead atoms. The minimum atomic E-state index is 0.0434. The molecule has 2 aliphatic rings. The van der Waals surface area contributed by atoms with Crippen molar-refractivity contribution in [3.05, 3.63) is 41.5 Å². The summed E-state index contributed by atoms with van der Waals surface area (Å²) in [6.07, 6.45) is 1.18. The number of aromatic nitrogens is 1. The van der Waals surface area contributed by atoms with Crippen LogP contribution in [0.5, 0.6) is 0 Å². The highest BCUT2D eigenvalue weighted by molar-refractivity contribution is 6.28. The van der Waals surface area contributed by atoms with Crippen molar-refractivity contribution in [2.45, 2.75) is 27.2 Å². The van der Waals surface area contributed by atoms with Crippen LogP contribution in [0.25, 0.3) is 22.2 Å². The standard InChI is InChI=1S/C25H30N4O2/c1-4-9-28-10-12-29(13-11-28)20-14-19(26-15-16(2)3)21-22-23(20)27-31-25(22)18-8-6-5-7-17(18)24(21)30/h5-8,14,16,26H,4,9-13,15H2,1-3H3. The number of fused-ring (bicyclic) bond motifs is 2. The van der Waals surface area contributed by atoms with Crippen molar-refractivity contribution in [2.24, 2.45) is 5.92 Å². The van der Waals surface area contributed by atoms with E-state index in [1.54, 1.807) is 0 Å². The number of benzene rings is 2. The molecular formula is C25H30N4O2. The van der Waals surface area contributed by atoms with Gasteiger partial charge in [-0.1, -0.05) is 50.2 Å². The van der Waals surface area contributed by atoms with Crippen LogP contribution >= 0.6 is 0 Å². The van der Waals surface area contributed by atoms with E-state index in [0.717, 1.165) is 67.1 Å². The Morgan fingerprint density at radius 2 is 1.87 bits per heavy atom. The van der Waals surface area contributed by atoms with Gasteiger partial charge in [-0.05, 0) is 24.9 Å². The Bertz CT molecular complexity index is 1130. The molecule has 6 heteroatoms. The van der Waals surface area contributed by atoms with Gasteiger partial charge >= 0.3 is 0 Å². The van der Waals surface area contributed by atoms with Gasteiger partial charge in [0.05, 0.1) is 16.6 Å². The molecule has 3 aromatic rings. The van der Waals surface area contributed by atoms with Crippen LogP contribution in [-0.2, 0) is 0 Å². The molecule has 2 aromatic carbocycles. The Kier molecular flexibility index (Phi) is 5.18. The molecule has 0 amide bonds. The summed E-state index contributed by atoms with van der Waals surface area (Å²) in [7, 11) is 0. The fourth-order valence-corrected chi connectivity index (χ4v) is 4.77. The first-order valence-corrected chi connectivity index (χ1v) is 11.4. The van der Waals surface area contributed by atoms with Gasteiger partial charge in [-0.15, -0.1) is 0 Å². The molecule has 31 heavy (non-hydrogen) atoms. The minimum Gasteiger partial charge on any atom is -0.384 e. The van der Waals surface area contributed by atoms with E-state index in [9.17, 15) is 4.79 Å². The number of nitrogens with one attached hydrogen (secondary N) is 1. The second-order valence-electron chi connectivity index (χ2n) is 9.03. The SMILES string of the molecule is CCCN1CCN(c2cc(NCC(C)C)c3c4c(onc24)-c2ccccc2C3=O)CC1. The highest BCUT2D eigenvalue weighted by Crippen LogP contribution is 2.45. The molecule has 1 fully saturated rings. The zero-order valence-electron chi connectivity index (χ0n) is 18.6. The third-order valence-electron chi connectivity index (χ3n) is 6.33. The van der Waals surface area contributed by atoms with Gasteiger partial charge in [0.25, 0.3) is 0 Å². The summed E-state index contributed by atoms with van der Waals surface area (Å²) in [5.74, 6) is 1.22. The highest BCUT2D eigenvalue weighted by Gasteiger charge is 2.34. The first kappa shape index (κ1) is 20.1. The molecule has 0 unspecified atom stereocenters. The number of rotatable bonds is 6. The molecule has 1 N–H and O–H groups in total. The Balaban J connectivity index is 1.64. The lowest BCUT2D eigenvalue weighted by Gasteiger charge is -2.36. The lowest BCUT2D eigenvalue weighted by atomic mass is 9.86. The van der Waals surface area contributed by atoms with Gasteiger partial charge in [0.2, 0.25) is 0 Å². The van der Waals surface area contributed by atoms with E-state index in [1.807, 2.05) is 24.3 Å². The molecule has 1 aliphatic heterocycles.